The van der Waals surface area contributed by atoms with E-state index in [0.717, 1.165) is 18.4 Å². The van der Waals surface area contributed by atoms with Crippen LogP contribution in [-0.2, 0) is 15.8 Å². The van der Waals surface area contributed by atoms with E-state index in [1.807, 2.05) is 30.3 Å². The van der Waals surface area contributed by atoms with Crippen LogP contribution >= 0.6 is 23.1 Å². The maximum atomic E-state index is 13.1. The third-order valence-electron chi connectivity index (χ3n) is 5.62. The second kappa shape index (κ2) is 10.7. The van der Waals surface area contributed by atoms with E-state index in [2.05, 4.69) is 21.8 Å². The van der Waals surface area contributed by atoms with Gasteiger partial charge in [0.25, 0.3) is 15.9 Å². The largest absolute Gasteiger partial charge is 0.496 e. The Morgan fingerprint density at radius 1 is 1.18 bits per heavy atom. The van der Waals surface area contributed by atoms with E-state index >= 15 is 0 Å². The summed E-state index contributed by atoms with van der Waals surface area (Å²) >= 11 is 2.65. The predicted octanol–water partition coefficient (Wildman–Crippen LogP) is 4.51. The van der Waals surface area contributed by atoms with Crippen LogP contribution in [0.3, 0.4) is 0 Å². The van der Waals surface area contributed by atoms with Gasteiger partial charge in [0.05, 0.1) is 17.6 Å². The van der Waals surface area contributed by atoms with Gasteiger partial charge in [0.15, 0.2) is 4.34 Å². The first-order chi connectivity index (χ1) is 16.4. The second-order valence-electron chi connectivity index (χ2n) is 8.09. The number of nitrogens with one attached hydrogen (secondary N) is 1. The van der Waals surface area contributed by atoms with Crippen molar-refractivity contribution in [2.24, 2.45) is 5.92 Å². The lowest BCUT2D eigenvalue weighted by atomic mass is 9.98. The van der Waals surface area contributed by atoms with E-state index in [0.29, 0.717) is 34.8 Å². The molecule has 0 bridgehead atoms. The van der Waals surface area contributed by atoms with Crippen LogP contribution in [0.25, 0.3) is 0 Å². The summed E-state index contributed by atoms with van der Waals surface area (Å²) < 4.78 is 34.6. The Labute approximate surface area is 207 Å². The number of aromatic nitrogens is 2. The molecule has 1 aliphatic heterocycles. The number of carbonyl (C=O) groups is 1. The maximum Gasteiger partial charge on any atom is 0.263 e. The van der Waals surface area contributed by atoms with Gasteiger partial charge in [0, 0.05) is 18.8 Å². The summed E-state index contributed by atoms with van der Waals surface area (Å²) in [7, 11) is -2.50. The van der Waals surface area contributed by atoms with Crippen molar-refractivity contribution in [3.63, 3.8) is 0 Å². The SMILES string of the molecule is COc1ccc(S(=O)(=O)Nc2nnc(SCc3ccccc3)s2)cc1C(=O)N1CCC(C)CC1. The van der Waals surface area contributed by atoms with E-state index in [4.69, 9.17) is 4.74 Å². The molecule has 0 atom stereocenters. The van der Waals surface area contributed by atoms with Gasteiger partial charge in [0.1, 0.15) is 5.75 Å². The number of rotatable bonds is 8. The summed E-state index contributed by atoms with van der Waals surface area (Å²) in [5.41, 5.74) is 1.37. The second-order valence-corrected chi connectivity index (χ2v) is 12.0. The minimum absolute atomic E-state index is 0.0317. The molecule has 1 amide bonds. The van der Waals surface area contributed by atoms with Crippen molar-refractivity contribution in [2.45, 2.75) is 34.8 Å². The van der Waals surface area contributed by atoms with Gasteiger partial charge >= 0.3 is 0 Å². The van der Waals surface area contributed by atoms with Crippen molar-refractivity contribution in [3.05, 3.63) is 59.7 Å². The zero-order valence-electron chi connectivity index (χ0n) is 18.9. The number of methoxy groups -OCH3 is 1. The quantitative estimate of drug-likeness (QED) is 0.438. The van der Waals surface area contributed by atoms with Gasteiger partial charge in [-0.2, -0.15) is 0 Å². The molecule has 1 aromatic heterocycles. The maximum absolute atomic E-state index is 13.1. The van der Waals surface area contributed by atoms with Gasteiger partial charge < -0.3 is 9.64 Å². The van der Waals surface area contributed by atoms with Gasteiger partial charge in [0.2, 0.25) is 5.13 Å². The number of hydrogen-bond donors (Lipinski definition) is 1. The third kappa shape index (κ3) is 5.89. The number of likely N-dealkylation sites (tertiary alicyclic amines) is 1. The average Bonchev–Trinajstić information content (AvgIpc) is 3.29. The summed E-state index contributed by atoms with van der Waals surface area (Å²) in [5.74, 6) is 1.40. The number of benzene rings is 2. The Bertz CT molecular complexity index is 1240. The van der Waals surface area contributed by atoms with Gasteiger partial charge in [-0.05, 0) is 42.5 Å². The number of carbonyl (C=O) groups excluding carboxylic acids is 1. The first-order valence-corrected chi connectivity index (χ1v) is 14.1. The molecule has 1 saturated heterocycles. The van der Waals surface area contributed by atoms with Crippen molar-refractivity contribution < 1.29 is 17.9 Å². The van der Waals surface area contributed by atoms with Crippen LogP contribution in [0.15, 0.2) is 57.8 Å². The fraction of sp³-hybridized carbons (Fsp3) is 0.348. The minimum atomic E-state index is -3.97. The number of ether oxygens (including phenoxy) is 1. The van der Waals surface area contributed by atoms with Crippen molar-refractivity contribution in [1.82, 2.24) is 15.1 Å². The Morgan fingerprint density at radius 3 is 2.62 bits per heavy atom. The van der Waals surface area contributed by atoms with E-state index < -0.39 is 10.0 Å². The normalized spacial score (nSPS) is 14.7. The topological polar surface area (TPSA) is 101 Å². The monoisotopic (exact) mass is 518 g/mol. The summed E-state index contributed by atoms with van der Waals surface area (Å²) in [5, 5.41) is 8.21. The zero-order valence-corrected chi connectivity index (χ0v) is 21.4. The molecule has 8 nitrogen and oxygen atoms in total. The van der Waals surface area contributed by atoms with Crippen LogP contribution in [0.1, 0.15) is 35.7 Å². The fourth-order valence-electron chi connectivity index (χ4n) is 3.61. The number of amides is 1. The van der Waals surface area contributed by atoms with E-state index in [1.165, 1.54) is 48.4 Å². The predicted molar refractivity (Wildman–Crippen MR) is 134 cm³/mol. The number of piperidine rings is 1. The first-order valence-electron chi connectivity index (χ1n) is 10.9. The molecule has 4 rings (SSSR count). The van der Waals surface area contributed by atoms with Crippen LogP contribution in [0.4, 0.5) is 5.13 Å². The molecule has 180 valence electrons. The van der Waals surface area contributed by atoms with Gasteiger partial charge in [-0.3, -0.25) is 9.52 Å². The van der Waals surface area contributed by atoms with Gasteiger partial charge in [-0.25, -0.2) is 8.42 Å². The summed E-state index contributed by atoms with van der Waals surface area (Å²) in [6.07, 6.45) is 1.85. The molecular formula is C23H26N4O4S3. The Kier molecular flexibility index (Phi) is 7.74. The molecule has 0 spiro atoms. The van der Waals surface area contributed by atoms with Crippen molar-refractivity contribution in [1.29, 1.82) is 0 Å². The highest BCUT2D eigenvalue weighted by molar-refractivity contribution is 8.00. The molecule has 34 heavy (non-hydrogen) atoms. The highest BCUT2D eigenvalue weighted by atomic mass is 32.2. The Balaban J connectivity index is 1.48. The summed E-state index contributed by atoms with van der Waals surface area (Å²) in [6.45, 7) is 3.46. The highest BCUT2D eigenvalue weighted by Gasteiger charge is 2.26. The molecular weight excluding hydrogens is 492 g/mol. The third-order valence-corrected chi connectivity index (χ3v) is 9.12. The molecule has 0 aliphatic carbocycles. The molecule has 1 N–H and O–H groups in total. The molecule has 2 heterocycles. The summed E-state index contributed by atoms with van der Waals surface area (Å²) in [6, 6.07) is 14.2. The van der Waals surface area contributed by atoms with Crippen molar-refractivity contribution in [3.8, 4) is 5.75 Å². The Morgan fingerprint density at radius 2 is 1.91 bits per heavy atom. The van der Waals surface area contributed by atoms with Crippen LogP contribution in [0.2, 0.25) is 0 Å². The number of anilines is 1. The van der Waals surface area contributed by atoms with Crippen LogP contribution in [0.5, 0.6) is 5.75 Å². The van der Waals surface area contributed by atoms with E-state index in [9.17, 15) is 13.2 Å². The highest BCUT2D eigenvalue weighted by Crippen LogP contribution is 2.31. The van der Waals surface area contributed by atoms with Crippen molar-refractivity contribution >= 4 is 44.2 Å². The number of sulfonamides is 1. The average molecular weight is 519 g/mol. The molecule has 0 unspecified atom stereocenters. The van der Waals surface area contributed by atoms with Crippen LogP contribution in [-0.4, -0.2) is 49.6 Å². The molecule has 2 aromatic carbocycles. The fourth-order valence-corrected chi connectivity index (χ4v) is 6.57. The Hall–Kier alpha value is -2.63. The molecule has 1 aliphatic rings. The van der Waals surface area contributed by atoms with Crippen molar-refractivity contribution in [2.75, 3.05) is 24.9 Å². The smallest absolute Gasteiger partial charge is 0.263 e. The number of thioether (sulfide) groups is 1. The molecule has 11 heteroatoms. The van der Waals surface area contributed by atoms with E-state index in [-0.39, 0.29) is 21.5 Å². The number of hydrogen-bond acceptors (Lipinski definition) is 8. The first kappa shape index (κ1) is 24.5. The lowest BCUT2D eigenvalue weighted by Crippen LogP contribution is -2.38. The molecule has 3 aromatic rings. The lowest BCUT2D eigenvalue weighted by Gasteiger charge is -2.30. The molecule has 0 saturated carbocycles. The number of nitrogens with zero attached hydrogens (tertiary/aromatic N) is 3. The van der Waals surface area contributed by atoms with Crippen LogP contribution in [0, 0.1) is 5.92 Å². The molecule has 1 fully saturated rings. The van der Waals surface area contributed by atoms with Gasteiger partial charge in [-0.15, -0.1) is 10.2 Å². The molecule has 0 radical (unpaired) electrons. The zero-order chi connectivity index (χ0) is 24.1. The van der Waals surface area contributed by atoms with Crippen LogP contribution < -0.4 is 9.46 Å². The van der Waals surface area contributed by atoms with E-state index in [1.54, 1.807) is 4.90 Å². The minimum Gasteiger partial charge on any atom is -0.496 e. The standard InChI is InChI=1S/C23H26N4O4S3/c1-16-10-12-27(13-11-16)21(28)19-14-18(8-9-20(19)31-2)34(29,30)26-22-24-25-23(33-22)32-15-17-6-4-3-5-7-17/h3-9,14,16H,10-13,15H2,1-2H3,(H,24,26). The summed E-state index contributed by atoms with van der Waals surface area (Å²) in [4.78, 5) is 14.8. The lowest BCUT2D eigenvalue weighted by molar-refractivity contribution is 0.0693. The van der Waals surface area contributed by atoms with Gasteiger partial charge in [-0.1, -0.05) is 60.4 Å².